The van der Waals surface area contributed by atoms with Crippen molar-refractivity contribution < 1.29 is 0 Å². The van der Waals surface area contributed by atoms with E-state index in [1.807, 2.05) is 0 Å². The maximum atomic E-state index is 6.16. The SMILES string of the molecule is CCc1nn(CC2CCCCC2)c(CC)c1C(C)N. The summed E-state index contributed by atoms with van der Waals surface area (Å²) in [6, 6.07) is 0.102. The van der Waals surface area contributed by atoms with Gasteiger partial charge in [0.25, 0.3) is 0 Å². The van der Waals surface area contributed by atoms with Gasteiger partial charge in [0, 0.05) is 23.8 Å². The van der Waals surface area contributed by atoms with Crippen molar-refractivity contribution in [1.29, 1.82) is 0 Å². The number of aryl methyl sites for hydroxylation is 1. The van der Waals surface area contributed by atoms with Crippen molar-refractivity contribution in [2.24, 2.45) is 11.7 Å². The van der Waals surface area contributed by atoms with Crippen LogP contribution >= 0.6 is 0 Å². The summed E-state index contributed by atoms with van der Waals surface area (Å²) in [5.74, 6) is 0.824. The van der Waals surface area contributed by atoms with Gasteiger partial charge in [-0.1, -0.05) is 33.1 Å². The lowest BCUT2D eigenvalue weighted by Crippen LogP contribution is -2.17. The highest BCUT2D eigenvalue weighted by molar-refractivity contribution is 5.29. The molecule has 1 aromatic heterocycles. The van der Waals surface area contributed by atoms with Gasteiger partial charge in [0.1, 0.15) is 0 Å². The molecule has 0 aromatic carbocycles. The highest BCUT2D eigenvalue weighted by Crippen LogP contribution is 2.28. The van der Waals surface area contributed by atoms with Crippen LogP contribution in [0.25, 0.3) is 0 Å². The summed E-state index contributed by atoms with van der Waals surface area (Å²) in [6.07, 6.45) is 8.98. The molecular formula is C16H29N3. The van der Waals surface area contributed by atoms with Crippen LogP contribution in [0.15, 0.2) is 0 Å². The average Bonchev–Trinajstić information content (AvgIpc) is 2.77. The van der Waals surface area contributed by atoms with Crippen molar-refractivity contribution in [3.8, 4) is 0 Å². The first kappa shape index (κ1) is 14.6. The van der Waals surface area contributed by atoms with Crippen molar-refractivity contribution in [2.45, 2.75) is 78.3 Å². The Labute approximate surface area is 117 Å². The molecule has 0 saturated heterocycles. The number of nitrogens with zero attached hydrogens (tertiary/aromatic N) is 2. The average molecular weight is 263 g/mol. The summed E-state index contributed by atoms with van der Waals surface area (Å²) < 4.78 is 2.27. The molecule has 1 atom stereocenters. The Balaban J connectivity index is 2.23. The first-order chi connectivity index (χ1) is 9.17. The molecule has 1 aliphatic rings. The molecule has 0 spiro atoms. The quantitative estimate of drug-likeness (QED) is 0.882. The standard InChI is InChI=1S/C16H29N3/c1-4-14-16(12(3)17)15(5-2)19(18-14)11-13-9-7-6-8-10-13/h12-13H,4-11,17H2,1-3H3. The van der Waals surface area contributed by atoms with E-state index in [2.05, 4.69) is 25.5 Å². The van der Waals surface area contributed by atoms with Gasteiger partial charge in [0.15, 0.2) is 0 Å². The van der Waals surface area contributed by atoms with Crippen LogP contribution in [0, 0.1) is 5.92 Å². The van der Waals surface area contributed by atoms with Crippen LogP contribution in [0.5, 0.6) is 0 Å². The van der Waals surface area contributed by atoms with Gasteiger partial charge in [0.2, 0.25) is 0 Å². The van der Waals surface area contributed by atoms with Crippen LogP contribution in [0.2, 0.25) is 0 Å². The van der Waals surface area contributed by atoms with Gasteiger partial charge in [-0.05, 0) is 38.5 Å². The predicted octanol–water partition coefficient (Wildman–Crippen LogP) is 3.61. The molecule has 1 unspecified atom stereocenters. The van der Waals surface area contributed by atoms with E-state index in [1.165, 1.54) is 49.1 Å². The molecule has 1 heterocycles. The second kappa shape index (κ2) is 6.56. The lowest BCUT2D eigenvalue weighted by molar-refractivity contribution is 0.304. The van der Waals surface area contributed by atoms with Crippen LogP contribution in [0.4, 0.5) is 0 Å². The molecule has 0 aliphatic heterocycles. The van der Waals surface area contributed by atoms with E-state index in [0.29, 0.717) is 0 Å². The van der Waals surface area contributed by atoms with E-state index < -0.39 is 0 Å². The summed E-state index contributed by atoms with van der Waals surface area (Å²) in [5.41, 5.74) is 10.0. The number of hydrogen-bond donors (Lipinski definition) is 1. The number of nitrogens with two attached hydrogens (primary N) is 1. The van der Waals surface area contributed by atoms with Crippen molar-refractivity contribution >= 4 is 0 Å². The Hall–Kier alpha value is -0.830. The zero-order chi connectivity index (χ0) is 13.8. The first-order valence-electron chi connectivity index (χ1n) is 8.01. The van der Waals surface area contributed by atoms with Gasteiger partial charge in [-0.2, -0.15) is 5.10 Å². The van der Waals surface area contributed by atoms with Crippen LogP contribution < -0.4 is 5.73 Å². The number of hydrogen-bond acceptors (Lipinski definition) is 2. The summed E-state index contributed by atoms with van der Waals surface area (Å²) in [4.78, 5) is 0. The minimum atomic E-state index is 0.102. The topological polar surface area (TPSA) is 43.8 Å². The Morgan fingerprint density at radius 1 is 1.21 bits per heavy atom. The fourth-order valence-electron chi connectivity index (χ4n) is 3.49. The Bertz CT molecular complexity index is 400. The third kappa shape index (κ3) is 3.19. The summed E-state index contributed by atoms with van der Waals surface area (Å²) in [6.45, 7) is 7.58. The minimum absolute atomic E-state index is 0.102. The third-order valence-electron chi connectivity index (χ3n) is 4.46. The monoisotopic (exact) mass is 263 g/mol. The molecular weight excluding hydrogens is 234 g/mol. The maximum Gasteiger partial charge on any atom is 0.0672 e. The van der Waals surface area contributed by atoms with Crippen molar-refractivity contribution in [3.63, 3.8) is 0 Å². The molecule has 3 nitrogen and oxygen atoms in total. The number of aromatic nitrogens is 2. The molecule has 108 valence electrons. The molecule has 0 bridgehead atoms. The smallest absolute Gasteiger partial charge is 0.0672 e. The lowest BCUT2D eigenvalue weighted by atomic mass is 9.89. The Kier molecular flexibility index (Phi) is 5.03. The van der Waals surface area contributed by atoms with Crippen LogP contribution in [-0.4, -0.2) is 9.78 Å². The van der Waals surface area contributed by atoms with Gasteiger partial charge < -0.3 is 5.73 Å². The molecule has 0 radical (unpaired) electrons. The molecule has 1 aromatic rings. The van der Waals surface area contributed by atoms with Gasteiger partial charge in [-0.15, -0.1) is 0 Å². The fraction of sp³-hybridized carbons (Fsp3) is 0.812. The summed E-state index contributed by atoms with van der Waals surface area (Å²) >= 11 is 0. The minimum Gasteiger partial charge on any atom is -0.324 e. The second-order valence-corrected chi connectivity index (χ2v) is 5.99. The van der Waals surface area contributed by atoms with E-state index in [4.69, 9.17) is 10.8 Å². The van der Waals surface area contributed by atoms with Gasteiger partial charge in [0.05, 0.1) is 5.69 Å². The maximum absolute atomic E-state index is 6.16. The lowest BCUT2D eigenvalue weighted by Gasteiger charge is -2.22. The molecule has 1 fully saturated rings. The fourth-order valence-corrected chi connectivity index (χ4v) is 3.49. The molecule has 2 rings (SSSR count). The van der Waals surface area contributed by atoms with E-state index >= 15 is 0 Å². The van der Waals surface area contributed by atoms with Crippen molar-refractivity contribution in [3.05, 3.63) is 17.0 Å². The number of rotatable bonds is 5. The molecule has 0 amide bonds. The molecule has 1 saturated carbocycles. The largest absolute Gasteiger partial charge is 0.324 e. The Morgan fingerprint density at radius 3 is 2.42 bits per heavy atom. The predicted molar refractivity (Wildman–Crippen MR) is 80.2 cm³/mol. The highest BCUT2D eigenvalue weighted by atomic mass is 15.3. The summed E-state index contributed by atoms with van der Waals surface area (Å²) in [7, 11) is 0. The normalized spacial score (nSPS) is 18.7. The van der Waals surface area contributed by atoms with Gasteiger partial charge in [-0.25, -0.2) is 0 Å². The zero-order valence-corrected chi connectivity index (χ0v) is 12.8. The zero-order valence-electron chi connectivity index (χ0n) is 12.8. The van der Waals surface area contributed by atoms with E-state index in [9.17, 15) is 0 Å². The molecule has 2 N–H and O–H groups in total. The highest BCUT2D eigenvalue weighted by Gasteiger charge is 2.21. The van der Waals surface area contributed by atoms with Crippen LogP contribution in [0.3, 0.4) is 0 Å². The van der Waals surface area contributed by atoms with Crippen LogP contribution in [-0.2, 0) is 19.4 Å². The summed E-state index contributed by atoms with van der Waals surface area (Å²) in [5, 5.41) is 4.85. The van der Waals surface area contributed by atoms with E-state index in [0.717, 1.165) is 25.3 Å². The van der Waals surface area contributed by atoms with Crippen molar-refractivity contribution in [1.82, 2.24) is 9.78 Å². The first-order valence-corrected chi connectivity index (χ1v) is 8.01. The van der Waals surface area contributed by atoms with E-state index in [-0.39, 0.29) is 6.04 Å². The van der Waals surface area contributed by atoms with Gasteiger partial charge in [-0.3, -0.25) is 4.68 Å². The van der Waals surface area contributed by atoms with Gasteiger partial charge >= 0.3 is 0 Å². The third-order valence-corrected chi connectivity index (χ3v) is 4.46. The molecule has 3 heteroatoms. The molecule has 1 aliphatic carbocycles. The van der Waals surface area contributed by atoms with Crippen molar-refractivity contribution in [2.75, 3.05) is 0 Å². The van der Waals surface area contributed by atoms with E-state index in [1.54, 1.807) is 0 Å². The Morgan fingerprint density at radius 2 is 1.89 bits per heavy atom. The second-order valence-electron chi connectivity index (χ2n) is 5.99. The molecule has 19 heavy (non-hydrogen) atoms. The van der Waals surface area contributed by atoms with Crippen LogP contribution in [0.1, 0.15) is 75.9 Å².